The molecule has 1 atom stereocenters. The maximum absolute atomic E-state index is 13.0. The molecule has 0 saturated carbocycles. The average molecular weight is 503 g/mol. The van der Waals surface area contributed by atoms with Gasteiger partial charge >= 0.3 is 6.18 Å². The van der Waals surface area contributed by atoms with Gasteiger partial charge in [0, 0.05) is 29.4 Å². The average Bonchev–Trinajstić information content (AvgIpc) is 2.87. The fraction of sp³-hybridized carbons (Fsp3) is 0.107. The van der Waals surface area contributed by atoms with E-state index in [2.05, 4.69) is 10.6 Å². The number of nitriles is 1. The minimum Gasteiger partial charge on any atom is -0.383 e. The summed E-state index contributed by atoms with van der Waals surface area (Å²) >= 11 is 0. The molecule has 2 amide bonds. The van der Waals surface area contributed by atoms with E-state index in [0.717, 1.165) is 12.1 Å². The summed E-state index contributed by atoms with van der Waals surface area (Å²) in [6, 6.07) is 18.2. The van der Waals surface area contributed by atoms with Gasteiger partial charge in [-0.1, -0.05) is 42.5 Å². The molecule has 37 heavy (non-hydrogen) atoms. The van der Waals surface area contributed by atoms with E-state index in [1.165, 1.54) is 24.3 Å². The Morgan fingerprint density at radius 2 is 1.81 bits per heavy atom. The van der Waals surface area contributed by atoms with Gasteiger partial charge in [-0.3, -0.25) is 9.59 Å². The van der Waals surface area contributed by atoms with Gasteiger partial charge in [0.2, 0.25) is 5.91 Å². The molecular weight excluding hydrogens is 483 g/mol. The number of anilines is 2. The first-order valence-electron chi connectivity index (χ1n) is 11.1. The Bertz CT molecular complexity index is 1450. The predicted molar refractivity (Wildman–Crippen MR) is 132 cm³/mol. The van der Waals surface area contributed by atoms with Gasteiger partial charge in [-0.15, -0.1) is 0 Å². The zero-order chi connectivity index (χ0) is 26.6. The van der Waals surface area contributed by atoms with Crippen LogP contribution < -0.4 is 10.6 Å². The summed E-state index contributed by atoms with van der Waals surface area (Å²) in [5, 5.41) is 24.4. The van der Waals surface area contributed by atoms with E-state index >= 15 is 0 Å². The summed E-state index contributed by atoms with van der Waals surface area (Å²) in [6.07, 6.45) is -1.38. The lowest BCUT2D eigenvalue weighted by atomic mass is 9.95. The lowest BCUT2D eigenvalue weighted by Crippen LogP contribution is -2.34. The second kappa shape index (κ2) is 10.5. The van der Waals surface area contributed by atoms with E-state index in [1.807, 2.05) is 6.07 Å². The van der Waals surface area contributed by atoms with Crippen LogP contribution in [0.25, 0.3) is 5.57 Å². The van der Waals surface area contributed by atoms with Gasteiger partial charge in [0.15, 0.2) is 0 Å². The molecule has 3 aromatic carbocycles. The molecule has 9 heteroatoms. The molecule has 1 aliphatic rings. The van der Waals surface area contributed by atoms with Crippen LogP contribution in [0.15, 0.2) is 85.0 Å². The van der Waals surface area contributed by atoms with Crippen molar-refractivity contribution in [1.82, 2.24) is 0 Å². The summed E-state index contributed by atoms with van der Waals surface area (Å²) < 4.78 is 39.1. The number of benzene rings is 3. The van der Waals surface area contributed by atoms with E-state index in [4.69, 9.17) is 0 Å². The number of fused-ring (bicyclic) bond motifs is 1. The number of nitrogens with zero attached hydrogens (tertiary/aromatic N) is 1. The molecule has 1 aliphatic heterocycles. The number of rotatable bonds is 5. The van der Waals surface area contributed by atoms with E-state index in [0.29, 0.717) is 39.2 Å². The molecule has 6 nitrogen and oxygen atoms in total. The Balaban J connectivity index is 1.61. The van der Waals surface area contributed by atoms with Crippen LogP contribution >= 0.6 is 0 Å². The first-order valence-corrected chi connectivity index (χ1v) is 11.1. The topological polar surface area (TPSA) is 102 Å². The third kappa shape index (κ3) is 5.94. The molecule has 1 heterocycles. The number of aliphatic hydroxyl groups is 1. The molecule has 0 saturated heterocycles. The number of hydrogen-bond donors (Lipinski definition) is 3. The monoisotopic (exact) mass is 503 g/mol. The highest BCUT2D eigenvalue weighted by Crippen LogP contribution is 2.32. The number of halogens is 3. The maximum Gasteiger partial charge on any atom is 0.416 e. The molecule has 0 radical (unpaired) electrons. The molecule has 3 N–H and O–H groups in total. The van der Waals surface area contributed by atoms with Crippen LogP contribution in [-0.2, 0) is 22.2 Å². The summed E-state index contributed by atoms with van der Waals surface area (Å²) in [5.74, 6) is -1.01. The number of aliphatic hydroxyl groups excluding tert-OH is 1. The van der Waals surface area contributed by atoms with Crippen molar-refractivity contribution in [3.05, 3.63) is 113 Å². The number of carbonyl (C=O) groups is 2. The molecule has 0 aromatic heterocycles. The van der Waals surface area contributed by atoms with Crippen molar-refractivity contribution >= 4 is 28.8 Å². The van der Waals surface area contributed by atoms with Crippen molar-refractivity contribution in [3.63, 3.8) is 0 Å². The zero-order valence-corrected chi connectivity index (χ0v) is 19.2. The molecule has 186 valence electrons. The SMILES string of the molecule is N#Cc1cccc(/C(=C\C=C\C(=O)Nc2cccc3c2CC(O)C(=O)N3)c2ccc(C(F)(F)F)cc2)c1. The van der Waals surface area contributed by atoms with Crippen molar-refractivity contribution < 1.29 is 27.9 Å². The fourth-order valence-electron chi connectivity index (χ4n) is 3.90. The van der Waals surface area contributed by atoms with Crippen molar-refractivity contribution in [2.45, 2.75) is 18.7 Å². The zero-order valence-electron chi connectivity index (χ0n) is 19.2. The highest BCUT2D eigenvalue weighted by atomic mass is 19.4. The van der Waals surface area contributed by atoms with Crippen LogP contribution in [0.2, 0.25) is 0 Å². The fourth-order valence-corrected chi connectivity index (χ4v) is 3.90. The molecule has 0 fully saturated rings. The third-order valence-corrected chi connectivity index (χ3v) is 5.73. The van der Waals surface area contributed by atoms with Crippen molar-refractivity contribution in [3.8, 4) is 6.07 Å². The van der Waals surface area contributed by atoms with E-state index in [9.17, 15) is 33.1 Å². The lowest BCUT2D eigenvalue weighted by Gasteiger charge is -2.23. The van der Waals surface area contributed by atoms with Gasteiger partial charge < -0.3 is 15.7 Å². The highest BCUT2D eigenvalue weighted by molar-refractivity contribution is 6.03. The first-order chi connectivity index (χ1) is 17.7. The second-order valence-corrected chi connectivity index (χ2v) is 8.24. The minimum atomic E-state index is -4.48. The van der Waals surface area contributed by atoms with Crippen LogP contribution in [0.5, 0.6) is 0 Å². The largest absolute Gasteiger partial charge is 0.416 e. The smallest absolute Gasteiger partial charge is 0.383 e. The van der Waals surface area contributed by atoms with Crippen LogP contribution in [0, 0.1) is 11.3 Å². The van der Waals surface area contributed by atoms with E-state index < -0.39 is 29.7 Å². The van der Waals surface area contributed by atoms with Gasteiger partial charge in [0.25, 0.3) is 5.91 Å². The van der Waals surface area contributed by atoms with Gasteiger partial charge in [0.05, 0.1) is 17.2 Å². The number of hydrogen-bond acceptors (Lipinski definition) is 4. The van der Waals surface area contributed by atoms with Gasteiger partial charge in [-0.25, -0.2) is 0 Å². The van der Waals surface area contributed by atoms with Crippen LogP contribution in [0.1, 0.15) is 27.8 Å². The Labute approximate surface area is 210 Å². The second-order valence-electron chi connectivity index (χ2n) is 8.24. The Morgan fingerprint density at radius 1 is 1.08 bits per heavy atom. The number of allylic oxidation sites excluding steroid dienone is 2. The summed E-state index contributed by atoms with van der Waals surface area (Å²) in [5.41, 5.74) is 2.67. The molecule has 0 spiro atoms. The van der Waals surface area contributed by atoms with Crippen molar-refractivity contribution in [1.29, 1.82) is 5.26 Å². The molecule has 0 aliphatic carbocycles. The lowest BCUT2D eigenvalue weighted by molar-refractivity contribution is -0.137. The number of carbonyl (C=O) groups excluding carboxylic acids is 2. The summed E-state index contributed by atoms with van der Waals surface area (Å²) in [6.45, 7) is 0. The van der Waals surface area contributed by atoms with Crippen molar-refractivity contribution in [2.75, 3.05) is 10.6 Å². The Morgan fingerprint density at radius 3 is 2.51 bits per heavy atom. The van der Waals surface area contributed by atoms with Gasteiger partial charge in [0.1, 0.15) is 6.10 Å². The van der Waals surface area contributed by atoms with Crippen LogP contribution in [0.3, 0.4) is 0 Å². The standard InChI is InChI=1S/C28H20F3N3O3/c29-28(30,31)20-12-10-18(11-13-20)21(19-5-1-4-17(14-19)16-32)6-2-9-26(36)33-23-7-3-8-24-22(23)15-25(35)27(37)34-24/h1-14,25,35H,15H2,(H,33,36)(H,34,37)/b9-2+,21-6-. The minimum absolute atomic E-state index is 0.0501. The normalized spacial score (nSPS) is 15.6. The molecule has 3 aromatic rings. The third-order valence-electron chi connectivity index (χ3n) is 5.73. The molecule has 4 rings (SSSR count). The maximum atomic E-state index is 13.0. The molecular formula is C28H20F3N3O3. The summed E-state index contributed by atoms with van der Waals surface area (Å²) in [4.78, 5) is 24.3. The van der Waals surface area contributed by atoms with E-state index in [-0.39, 0.29) is 6.42 Å². The number of alkyl halides is 3. The van der Waals surface area contributed by atoms with Crippen LogP contribution in [-0.4, -0.2) is 23.0 Å². The quantitative estimate of drug-likeness (QED) is 0.335. The molecule has 1 unspecified atom stereocenters. The highest BCUT2D eigenvalue weighted by Gasteiger charge is 2.30. The van der Waals surface area contributed by atoms with Crippen molar-refractivity contribution in [2.24, 2.45) is 0 Å². The van der Waals surface area contributed by atoms with Crippen LogP contribution in [0.4, 0.5) is 24.5 Å². The molecule has 0 bridgehead atoms. The summed E-state index contributed by atoms with van der Waals surface area (Å²) in [7, 11) is 0. The Hall–Kier alpha value is -4.68. The predicted octanol–water partition coefficient (Wildman–Crippen LogP) is 5.06. The first kappa shape index (κ1) is 25.4. The van der Waals surface area contributed by atoms with Gasteiger partial charge in [-0.05, 0) is 53.1 Å². The van der Waals surface area contributed by atoms with E-state index in [1.54, 1.807) is 48.5 Å². The number of amides is 2. The number of nitrogens with one attached hydrogen (secondary N) is 2. The van der Waals surface area contributed by atoms with Gasteiger partial charge in [-0.2, -0.15) is 18.4 Å². The Kier molecular flexibility index (Phi) is 7.22.